The molecule has 0 atom stereocenters. The van der Waals surface area contributed by atoms with E-state index >= 15 is 0 Å². The SMILES string of the molecule is COc1ccc(O)c(N=Nc2c(SOOO)cc3ccc(N=Nc4c(C(=O)O)nn(-c5ccc(S(=O)(=O)O)cc5)c4O)cc3c2O)c1.[Cu]. The van der Waals surface area contributed by atoms with Crippen molar-refractivity contribution in [2.75, 3.05) is 7.11 Å². The fourth-order valence-electron chi connectivity index (χ4n) is 4.10. The van der Waals surface area contributed by atoms with Crippen LogP contribution >= 0.6 is 12.0 Å². The first-order valence-electron chi connectivity index (χ1n) is 12.7. The van der Waals surface area contributed by atoms with Crippen LogP contribution in [0.25, 0.3) is 16.5 Å². The summed E-state index contributed by atoms with van der Waals surface area (Å²) in [4.78, 5) is 11.6. The fourth-order valence-corrected chi connectivity index (χ4v) is 5.08. The minimum absolute atomic E-state index is 0. The zero-order chi connectivity index (χ0) is 33.9. The Bertz CT molecular complexity index is 2180. The molecule has 0 amide bonds. The summed E-state index contributed by atoms with van der Waals surface area (Å²) in [6.45, 7) is 0. The predicted molar refractivity (Wildman–Crippen MR) is 161 cm³/mol. The number of carboxylic acid groups (broad SMARTS) is 1. The van der Waals surface area contributed by atoms with Gasteiger partial charge in [0, 0.05) is 28.5 Å². The molecule has 0 spiro atoms. The summed E-state index contributed by atoms with van der Waals surface area (Å²) in [7, 11) is -3.08. The van der Waals surface area contributed by atoms with Gasteiger partial charge in [0.05, 0.1) is 40.3 Å². The molecule has 0 aliphatic carbocycles. The maximum absolute atomic E-state index is 11.9. The minimum atomic E-state index is -4.50. The molecule has 0 bridgehead atoms. The van der Waals surface area contributed by atoms with E-state index in [0.717, 1.165) is 16.8 Å². The number of aromatic hydroxyl groups is 3. The first kappa shape index (κ1) is 35.7. The third kappa shape index (κ3) is 7.54. The molecule has 18 nitrogen and oxygen atoms in total. The maximum Gasteiger partial charge on any atom is 0.358 e. The molecule has 0 saturated heterocycles. The van der Waals surface area contributed by atoms with E-state index < -0.39 is 44.0 Å². The Labute approximate surface area is 283 Å². The second-order valence-corrected chi connectivity index (χ2v) is 11.3. The van der Waals surface area contributed by atoms with Crippen LogP contribution in [-0.4, -0.2) is 61.5 Å². The summed E-state index contributed by atoms with van der Waals surface area (Å²) in [5, 5.41) is 74.4. The number of aromatic nitrogens is 2. The number of carbonyl (C=O) groups is 1. The summed E-state index contributed by atoms with van der Waals surface area (Å²) < 4.78 is 42.3. The number of aromatic carboxylic acids is 1. The first-order chi connectivity index (χ1) is 22.4. The molecule has 48 heavy (non-hydrogen) atoms. The van der Waals surface area contributed by atoms with Gasteiger partial charge in [-0.2, -0.15) is 23.3 Å². The Morgan fingerprint density at radius 3 is 2.27 bits per heavy atom. The molecular weight excluding hydrogens is 728 g/mol. The Morgan fingerprint density at radius 1 is 0.917 bits per heavy atom. The summed E-state index contributed by atoms with van der Waals surface area (Å²) in [5.74, 6) is -2.60. The number of ether oxygens (including phenoxy) is 1. The van der Waals surface area contributed by atoms with E-state index in [1.807, 2.05) is 0 Å². The number of fused-ring (bicyclic) bond motifs is 1. The van der Waals surface area contributed by atoms with Gasteiger partial charge in [-0.3, -0.25) is 4.55 Å². The molecule has 0 saturated carbocycles. The van der Waals surface area contributed by atoms with Crippen molar-refractivity contribution in [2.45, 2.75) is 9.79 Å². The van der Waals surface area contributed by atoms with Gasteiger partial charge in [-0.05, 0) is 60.0 Å². The molecular formula is C27H20CuN6O12S2. The Balaban J connectivity index is 0.00000520. The number of rotatable bonds is 11. The molecule has 0 unspecified atom stereocenters. The molecule has 21 heteroatoms. The molecule has 5 aromatic rings. The predicted octanol–water partition coefficient (Wildman–Crippen LogP) is 6.35. The second-order valence-electron chi connectivity index (χ2n) is 9.16. The zero-order valence-corrected chi connectivity index (χ0v) is 26.4. The third-order valence-electron chi connectivity index (χ3n) is 6.31. The largest absolute Gasteiger partial charge is 0.506 e. The van der Waals surface area contributed by atoms with Gasteiger partial charge in [0.25, 0.3) is 10.1 Å². The van der Waals surface area contributed by atoms with Crippen molar-refractivity contribution in [1.29, 1.82) is 0 Å². The molecule has 0 fully saturated rings. The monoisotopic (exact) mass is 747 g/mol. The van der Waals surface area contributed by atoms with Crippen molar-refractivity contribution >= 4 is 61.7 Å². The molecule has 0 aliphatic rings. The number of phenolic OH excluding ortho intramolecular Hbond substituents is 2. The molecule has 5 rings (SSSR count). The van der Waals surface area contributed by atoms with E-state index in [1.54, 1.807) is 0 Å². The van der Waals surface area contributed by atoms with Gasteiger partial charge in [-0.15, -0.1) is 19.7 Å². The number of methoxy groups -OCH3 is 1. The summed E-state index contributed by atoms with van der Waals surface area (Å²) in [6, 6.07) is 14.5. The molecule has 0 aliphatic heterocycles. The first-order valence-corrected chi connectivity index (χ1v) is 14.9. The van der Waals surface area contributed by atoms with E-state index in [9.17, 15) is 38.2 Å². The third-order valence-corrected chi connectivity index (χ3v) is 7.80. The maximum atomic E-state index is 11.9. The summed E-state index contributed by atoms with van der Waals surface area (Å²) in [6.07, 6.45) is 0. The summed E-state index contributed by atoms with van der Waals surface area (Å²) >= 11 is 0.493. The normalized spacial score (nSPS) is 11.7. The van der Waals surface area contributed by atoms with Crippen LogP contribution in [0, 0.1) is 0 Å². The van der Waals surface area contributed by atoms with Gasteiger partial charge in [-0.25, -0.2) is 10.1 Å². The average Bonchev–Trinajstić information content (AvgIpc) is 3.38. The van der Waals surface area contributed by atoms with Gasteiger partial charge in [0.15, 0.2) is 11.4 Å². The Hall–Kier alpha value is -5.12. The zero-order valence-electron chi connectivity index (χ0n) is 23.8. The van der Waals surface area contributed by atoms with Crippen molar-refractivity contribution in [3.8, 4) is 28.8 Å². The van der Waals surface area contributed by atoms with Crippen LogP contribution in [0.3, 0.4) is 0 Å². The van der Waals surface area contributed by atoms with Gasteiger partial charge in [0.2, 0.25) is 11.6 Å². The van der Waals surface area contributed by atoms with Gasteiger partial charge in [0.1, 0.15) is 22.9 Å². The number of nitrogens with zero attached hydrogens (tertiary/aromatic N) is 6. The Morgan fingerprint density at radius 2 is 1.62 bits per heavy atom. The number of azo groups is 2. The Kier molecular flexibility index (Phi) is 11.0. The topological polar surface area (TPSA) is 268 Å². The van der Waals surface area contributed by atoms with Crippen molar-refractivity contribution in [3.63, 3.8) is 0 Å². The smallest absolute Gasteiger partial charge is 0.358 e. The van der Waals surface area contributed by atoms with E-state index in [1.165, 1.54) is 61.7 Å². The van der Waals surface area contributed by atoms with Crippen LogP contribution in [-0.2, 0) is 36.6 Å². The van der Waals surface area contributed by atoms with Crippen molar-refractivity contribution in [1.82, 2.24) is 9.78 Å². The number of phenols is 2. The fraction of sp³-hybridized carbons (Fsp3) is 0.0370. The van der Waals surface area contributed by atoms with Crippen LogP contribution in [0.15, 0.2) is 97.0 Å². The van der Waals surface area contributed by atoms with Gasteiger partial charge < -0.3 is 25.2 Å². The van der Waals surface area contributed by atoms with Crippen LogP contribution in [0.2, 0.25) is 0 Å². The number of benzene rings is 4. The van der Waals surface area contributed by atoms with E-state index in [0.29, 0.717) is 23.2 Å². The average molecular weight is 748 g/mol. The number of hydrogen-bond acceptors (Lipinski definition) is 16. The van der Waals surface area contributed by atoms with Crippen LogP contribution in [0.4, 0.5) is 22.7 Å². The number of carboxylic acids is 1. The molecule has 1 heterocycles. The molecule has 6 N–H and O–H groups in total. The van der Waals surface area contributed by atoms with E-state index in [-0.39, 0.29) is 55.8 Å². The molecule has 4 aromatic carbocycles. The van der Waals surface area contributed by atoms with Crippen LogP contribution in [0.1, 0.15) is 10.5 Å². The molecule has 253 valence electrons. The van der Waals surface area contributed by atoms with Crippen molar-refractivity contribution < 1.29 is 74.6 Å². The van der Waals surface area contributed by atoms with Gasteiger partial charge in [-0.1, -0.05) is 11.1 Å². The minimum Gasteiger partial charge on any atom is -0.506 e. The van der Waals surface area contributed by atoms with Crippen molar-refractivity contribution in [3.05, 3.63) is 72.4 Å². The second kappa shape index (κ2) is 14.8. The molecule has 1 aromatic heterocycles. The van der Waals surface area contributed by atoms with E-state index in [4.69, 9.17) is 9.99 Å². The van der Waals surface area contributed by atoms with E-state index in [2.05, 4.69) is 34.9 Å². The van der Waals surface area contributed by atoms with Crippen molar-refractivity contribution in [2.24, 2.45) is 20.5 Å². The van der Waals surface area contributed by atoms with Crippen LogP contribution in [0.5, 0.6) is 23.1 Å². The van der Waals surface area contributed by atoms with Gasteiger partial charge >= 0.3 is 5.97 Å². The molecule has 1 radical (unpaired) electrons. The number of hydrogen-bond donors (Lipinski definition) is 6. The standard InChI is InChI=1S/C27H20N6O12S2.Cu/c1-43-16-6-9-20(34)19(12-16)29-30-22-21(46-45-44-39)10-13-2-3-14(11-18(13)25(22)35)28-31-23-24(27(37)38)32-33(26(23)36)15-4-7-17(8-5-15)47(40,41)42;/h2-12,34-36,39H,1H3,(H,37,38)(H,40,41,42);. The quantitative estimate of drug-likeness (QED) is 0.0215. The summed E-state index contributed by atoms with van der Waals surface area (Å²) in [5.41, 5.74) is -1.26. The van der Waals surface area contributed by atoms with Crippen LogP contribution < -0.4 is 4.74 Å².